The third-order valence-electron chi connectivity index (χ3n) is 8.27. The minimum Gasteiger partial charge on any atom is -0.479 e. The van der Waals surface area contributed by atoms with Crippen molar-refractivity contribution < 1.29 is 32.2 Å². The first kappa shape index (κ1) is 28.4. The molecule has 3 aliphatic heterocycles. The highest BCUT2D eigenvalue weighted by Crippen LogP contribution is 2.52. The van der Waals surface area contributed by atoms with E-state index in [0.717, 1.165) is 22.8 Å². The van der Waals surface area contributed by atoms with Crippen LogP contribution in [0, 0.1) is 0 Å². The smallest absolute Gasteiger partial charge is 0.416 e. The molecule has 0 saturated carbocycles. The monoisotopic (exact) mass is 605 g/mol. The number of piperazine rings is 1. The van der Waals surface area contributed by atoms with Crippen LogP contribution in [0.4, 0.5) is 19.0 Å². The molecule has 1 saturated heterocycles. The Morgan fingerprint density at radius 3 is 2.68 bits per heavy atom. The number of benzene rings is 2. The van der Waals surface area contributed by atoms with Gasteiger partial charge in [-0.05, 0) is 62.2 Å². The Morgan fingerprint density at radius 2 is 1.91 bits per heavy atom. The Hall–Kier alpha value is -4.42. The lowest BCUT2D eigenvalue weighted by molar-refractivity contribution is -0.138. The molecule has 3 atom stereocenters. The molecule has 9 nitrogen and oxygen atoms in total. The average Bonchev–Trinajstić information content (AvgIpc) is 3.48. The number of rotatable bonds is 6. The number of nitrogens with zero attached hydrogens (tertiary/aromatic N) is 2. The van der Waals surface area contributed by atoms with Crippen LogP contribution in [0.2, 0.25) is 0 Å². The molecular formula is C32H30F3N5O4. The molecule has 0 radical (unpaired) electrons. The fourth-order valence-corrected chi connectivity index (χ4v) is 6.35. The van der Waals surface area contributed by atoms with Crippen LogP contribution in [-0.2, 0) is 23.9 Å². The number of nitrogens with one attached hydrogen (secondary N) is 3. The zero-order valence-corrected chi connectivity index (χ0v) is 24.0. The predicted molar refractivity (Wildman–Crippen MR) is 155 cm³/mol. The molecule has 3 aromatic rings. The average molecular weight is 606 g/mol. The van der Waals surface area contributed by atoms with E-state index in [-0.39, 0.29) is 35.7 Å². The topological polar surface area (TPSA) is 105 Å². The second-order valence-electron chi connectivity index (χ2n) is 11.8. The molecular weight excluding hydrogens is 575 g/mol. The molecule has 44 heavy (non-hydrogen) atoms. The van der Waals surface area contributed by atoms with Gasteiger partial charge in [0, 0.05) is 66.6 Å². The number of aromatic nitrogens is 1. The van der Waals surface area contributed by atoms with E-state index in [4.69, 9.17) is 9.47 Å². The Kier molecular flexibility index (Phi) is 6.85. The molecule has 1 aliphatic carbocycles. The summed E-state index contributed by atoms with van der Waals surface area (Å²) >= 11 is 0. The van der Waals surface area contributed by atoms with Crippen LogP contribution in [0.25, 0.3) is 5.57 Å². The van der Waals surface area contributed by atoms with Gasteiger partial charge in [-0.3, -0.25) is 14.5 Å². The molecule has 2 aromatic carbocycles. The molecule has 4 aliphatic rings. The van der Waals surface area contributed by atoms with Crippen LogP contribution in [0.3, 0.4) is 0 Å². The number of anilines is 1. The number of ether oxygens (including phenoxy) is 2. The van der Waals surface area contributed by atoms with Crippen molar-refractivity contribution in [3.8, 4) is 17.2 Å². The highest BCUT2D eigenvalue weighted by Gasteiger charge is 2.48. The lowest BCUT2D eigenvalue weighted by Gasteiger charge is -2.36. The van der Waals surface area contributed by atoms with Crippen molar-refractivity contribution in [1.29, 1.82) is 0 Å². The quantitative estimate of drug-likeness (QED) is 0.368. The predicted octanol–water partition coefficient (Wildman–Crippen LogP) is 4.88. The van der Waals surface area contributed by atoms with Crippen molar-refractivity contribution in [2.24, 2.45) is 0 Å². The van der Waals surface area contributed by atoms with Gasteiger partial charge in [0.2, 0.25) is 5.91 Å². The fraction of sp³-hybridized carbons (Fsp3) is 0.344. The summed E-state index contributed by atoms with van der Waals surface area (Å²) in [7, 11) is 0. The van der Waals surface area contributed by atoms with Crippen LogP contribution in [0.15, 0.2) is 54.4 Å². The van der Waals surface area contributed by atoms with Gasteiger partial charge in [0.15, 0.2) is 6.10 Å². The van der Waals surface area contributed by atoms with E-state index in [9.17, 15) is 22.8 Å². The Bertz CT molecular complexity index is 1710. The summed E-state index contributed by atoms with van der Waals surface area (Å²) in [4.78, 5) is 31.1. The van der Waals surface area contributed by atoms with Gasteiger partial charge in [-0.25, -0.2) is 4.98 Å². The van der Waals surface area contributed by atoms with Gasteiger partial charge in [-0.1, -0.05) is 6.07 Å². The highest BCUT2D eigenvalue weighted by molar-refractivity contribution is 6.02. The summed E-state index contributed by atoms with van der Waals surface area (Å²) in [6.45, 7) is 5.44. The molecule has 0 bridgehead atoms. The molecule has 4 heterocycles. The molecule has 1 fully saturated rings. The second kappa shape index (κ2) is 10.6. The fourth-order valence-electron chi connectivity index (χ4n) is 6.35. The molecule has 0 spiro atoms. The van der Waals surface area contributed by atoms with Gasteiger partial charge in [0.25, 0.3) is 5.91 Å². The second-order valence-corrected chi connectivity index (χ2v) is 11.8. The number of alkyl halides is 3. The van der Waals surface area contributed by atoms with E-state index in [1.807, 2.05) is 18.7 Å². The number of hydrogen-bond acceptors (Lipinski definition) is 7. The lowest BCUT2D eigenvalue weighted by atomic mass is 10.0. The number of halogens is 3. The Labute approximate surface area is 251 Å². The van der Waals surface area contributed by atoms with Crippen molar-refractivity contribution in [3.63, 3.8) is 0 Å². The highest BCUT2D eigenvalue weighted by atomic mass is 19.4. The molecule has 12 heteroatoms. The number of amides is 2. The first-order chi connectivity index (χ1) is 21.0. The van der Waals surface area contributed by atoms with Crippen molar-refractivity contribution in [1.82, 2.24) is 20.5 Å². The zero-order valence-electron chi connectivity index (χ0n) is 24.0. The van der Waals surface area contributed by atoms with Crippen molar-refractivity contribution in [2.45, 2.75) is 57.6 Å². The van der Waals surface area contributed by atoms with E-state index < -0.39 is 23.8 Å². The first-order valence-electron chi connectivity index (χ1n) is 14.5. The SMILES string of the molecule is CC1CN(Cc2ccc(C(=O)NC3=C4c5cc(Oc6ccnc7c6CCC(=O)N7)ccc5OC34)cc2C(F)(F)F)CC(C)N1. The molecule has 2 amide bonds. The molecule has 228 valence electrons. The standard InChI is InChI=1S/C32H30F3N5O4/c1-16-13-40(14-17(2)37-16)15-19-4-3-18(11-23(19)32(33,34)35)31(42)39-28-27-22-12-20(5-7-24(22)44-29(27)28)43-25-9-10-36-30-21(25)6-8-26(41)38-30/h3-5,7,9-12,16-17,29,37H,6,8,13-15H2,1-2H3,(H,39,42)(H,36,38,41). The third-order valence-corrected chi connectivity index (χ3v) is 8.27. The van der Waals surface area contributed by atoms with Crippen LogP contribution in [0.5, 0.6) is 17.2 Å². The van der Waals surface area contributed by atoms with E-state index in [2.05, 4.69) is 20.9 Å². The molecule has 3 N–H and O–H groups in total. The van der Waals surface area contributed by atoms with Gasteiger partial charge in [0.1, 0.15) is 23.1 Å². The number of hydrogen-bond donors (Lipinski definition) is 3. The molecule has 3 unspecified atom stereocenters. The number of carbonyl (C=O) groups excluding carboxylic acids is 2. The minimum absolute atomic E-state index is 0.0759. The maximum atomic E-state index is 14.1. The summed E-state index contributed by atoms with van der Waals surface area (Å²) in [5, 5.41) is 8.89. The largest absolute Gasteiger partial charge is 0.479 e. The Balaban J connectivity index is 1.08. The third kappa shape index (κ3) is 5.39. The van der Waals surface area contributed by atoms with Crippen LogP contribution >= 0.6 is 0 Å². The van der Waals surface area contributed by atoms with Crippen LogP contribution in [0.1, 0.15) is 52.9 Å². The summed E-state index contributed by atoms with van der Waals surface area (Å²) < 4.78 is 54.4. The minimum atomic E-state index is -4.60. The van der Waals surface area contributed by atoms with Crippen LogP contribution in [-0.4, -0.2) is 53.0 Å². The van der Waals surface area contributed by atoms with Gasteiger partial charge in [-0.15, -0.1) is 0 Å². The van der Waals surface area contributed by atoms with Gasteiger partial charge in [-0.2, -0.15) is 13.2 Å². The summed E-state index contributed by atoms with van der Waals surface area (Å²) in [6, 6.07) is 11.2. The molecule has 7 rings (SSSR count). The normalized spacial score (nSPS) is 22.4. The maximum Gasteiger partial charge on any atom is 0.416 e. The van der Waals surface area contributed by atoms with E-state index in [1.54, 1.807) is 30.5 Å². The lowest BCUT2D eigenvalue weighted by Crippen LogP contribution is -2.53. The van der Waals surface area contributed by atoms with Crippen molar-refractivity contribution in [3.05, 3.63) is 82.2 Å². The summed E-state index contributed by atoms with van der Waals surface area (Å²) in [6.07, 6.45) is -2.66. The van der Waals surface area contributed by atoms with Crippen molar-refractivity contribution in [2.75, 3.05) is 18.4 Å². The van der Waals surface area contributed by atoms with Gasteiger partial charge < -0.3 is 25.4 Å². The van der Waals surface area contributed by atoms with Crippen molar-refractivity contribution >= 4 is 23.2 Å². The van der Waals surface area contributed by atoms with E-state index in [1.165, 1.54) is 12.1 Å². The van der Waals surface area contributed by atoms with E-state index >= 15 is 0 Å². The number of pyridine rings is 1. The zero-order chi connectivity index (χ0) is 30.7. The van der Waals surface area contributed by atoms with Crippen LogP contribution < -0.4 is 25.4 Å². The summed E-state index contributed by atoms with van der Waals surface area (Å²) in [5.41, 5.74) is 2.09. The van der Waals surface area contributed by atoms with Gasteiger partial charge in [0.05, 0.1) is 11.3 Å². The maximum absolute atomic E-state index is 14.1. The van der Waals surface area contributed by atoms with Gasteiger partial charge >= 0.3 is 6.18 Å². The number of fused-ring (bicyclic) bond motifs is 4. The number of carbonyl (C=O) groups is 2. The first-order valence-corrected chi connectivity index (χ1v) is 14.5. The Morgan fingerprint density at radius 1 is 1.11 bits per heavy atom. The summed E-state index contributed by atoms with van der Waals surface area (Å²) in [5.74, 6) is 1.48. The molecule has 1 aromatic heterocycles. The van der Waals surface area contributed by atoms with E-state index in [0.29, 0.717) is 54.7 Å².